The number of amides is 1. The molecule has 2 aromatic rings. The minimum atomic E-state index is -0.293. The maximum Gasteiger partial charge on any atom is 0.276 e. The van der Waals surface area contributed by atoms with Crippen LogP contribution in [0.3, 0.4) is 0 Å². The number of hydrogen-bond donors (Lipinski definition) is 0. The van der Waals surface area contributed by atoms with Crippen LogP contribution in [0.15, 0.2) is 36.2 Å². The monoisotopic (exact) mass is 334 g/mol. The molecule has 0 atom stereocenters. The second kappa shape index (κ2) is 6.50. The Labute approximate surface area is 138 Å². The Bertz CT molecular complexity index is 771. The molecule has 1 aliphatic heterocycles. The van der Waals surface area contributed by atoms with Gasteiger partial charge >= 0.3 is 0 Å². The highest BCUT2D eigenvalue weighted by atomic mass is 35.5. The lowest BCUT2D eigenvalue weighted by Crippen LogP contribution is -2.36. The summed E-state index contributed by atoms with van der Waals surface area (Å²) in [5.41, 5.74) is 1.69. The van der Waals surface area contributed by atoms with E-state index in [9.17, 15) is 9.18 Å². The molecule has 23 heavy (non-hydrogen) atoms. The van der Waals surface area contributed by atoms with Crippen molar-refractivity contribution in [3.05, 3.63) is 52.6 Å². The van der Waals surface area contributed by atoms with Crippen LogP contribution in [-0.2, 0) is 6.42 Å². The Kier molecular flexibility index (Phi) is 4.43. The highest BCUT2D eigenvalue weighted by Gasteiger charge is 2.26. The van der Waals surface area contributed by atoms with Gasteiger partial charge in [0, 0.05) is 11.6 Å². The molecule has 2 heterocycles. The zero-order chi connectivity index (χ0) is 16.4. The molecule has 0 spiro atoms. The number of aromatic nitrogens is 3. The van der Waals surface area contributed by atoms with Crippen LogP contribution in [0.25, 0.3) is 5.69 Å². The molecule has 1 amide bonds. The number of carbonyl (C=O) groups is 1. The average Bonchev–Trinajstić information content (AvgIpc) is 2.98. The number of halogens is 2. The molecule has 1 aromatic heterocycles. The lowest BCUT2D eigenvalue weighted by Gasteiger charge is -2.23. The van der Waals surface area contributed by atoms with Crippen LogP contribution in [0, 0.1) is 0 Å². The first-order valence-electron chi connectivity index (χ1n) is 7.44. The van der Waals surface area contributed by atoms with E-state index < -0.39 is 0 Å². The summed E-state index contributed by atoms with van der Waals surface area (Å²) in [5.74, 6) is -0.580. The fourth-order valence-corrected chi connectivity index (χ4v) is 2.81. The average molecular weight is 335 g/mol. The molecule has 3 rings (SSSR count). The Morgan fingerprint density at radius 2 is 2.26 bits per heavy atom. The molecule has 5 nitrogen and oxygen atoms in total. The lowest BCUT2D eigenvalue weighted by atomic mass is 10.2. The first kappa shape index (κ1) is 15.7. The van der Waals surface area contributed by atoms with Gasteiger partial charge < -0.3 is 4.90 Å². The van der Waals surface area contributed by atoms with Gasteiger partial charge in [0.05, 0.1) is 17.9 Å². The summed E-state index contributed by atoms with van der Waals surface area (Å²) < 4.78 is 15.0. The number of carbonyl (C=O) groups excluding carboxylic acids is 1. The first-order valence-corrected chi connectivity index (χ1v) is 7.82. The maximum absolute atomic E-state index is 13.4. The summed E-state index contributed by atoms with van der Waals surface area (Å²) in [5, 5.41) is 8.70. The van der Waals surface area contributed by atoms with E-state index in [2.05, 4.69) is 10.3 Å². The standard InChI is InChI=1S/C16H16ClFN4O/c1-2-14-15(16(23)21-8-4-6-12(18)10-21)19-20-22(14)13-7-3-5-11(17)9-13/h3,5-7,9H,2,4,8,10H2,1H3. The molecule has 0 unspecified atom stereocenters. The molecule has 0 radical (unpaired) electrons. The molecule has 0 saturated carbocycles. The van der Waals surface area contributed by atoms with Crippen molar-refractivity contribution in [2.75, 3.05) is 13.1 Å². The molecule has 0 fully saturated rings. The third-order valence-corrected chi connectivity index (χ3v) is 3.98. The van der Waals surface area contributed by atoms with Crippen LogP contribution < -0.4 is 0 Å². The quantitative estimate of drug-likeness (QED) is 0.866. The summed E-state index contributed by atoms with van der Waals surface area (Å²) in [7, 11) is 0. The summed E-state index contributed by atoms with van der Waals surface area (Å²) in [6.07, 6.45) is 2.60. The summed E-state index contributed by atoms with van der Waals surface area (Å²) in [6, 6.07) is 7.18. The van der Waals surface area contributed by atoms with E-state index in [1.54, 1.807) is 16.8 Å². The predicted octanol–water partition coefficient (Wildman–Crippen LogP) is 3.18. The predicted molar refractivity (Wildman–Crippen MR) is 85.5 cm³/mol. The molecule has 0 N–H and O–H groups in total. The summed E-state index contributed by atoms with van der Waals surface area (Å²) in [4.78, 5) is 14.1. The highest BCUT2D eigenvalue weighted by molar-refractivity contribution is 6.30. The van der Waals surface area contributed by atoms with Crippen molar-refractivity contribution in [2.45, 2.75) is 19.8 Å². The minimum Gasteiger partial charge on any atom is -0.330 e. The third kappa shape index (κ3) is 3.12. The van der Waals surface area contributed by atoms with Crippen LogP contribution in [0.4, 0.5) is 4.39 Å². The number of nitrogens with zero attached hydrogens (tertiary/aromatic N) is 4. The molecule has 0 saturated heterocycles. The SMILES string of the molecule is CCc1c(C(=O)N2CCC=C(F)C2)nnn1-c1cccc(Cl)c1. The molecule has 0 aliphatic carbocycles. The fraction of sp³-hybridized carbons (Fsp3) is 0.312. The second-order valence-corrected chi connectivity index (χ2v) is 5.73. The second-order valence-electron chi connectivity index (χ2n) is 5.30. The molecular weight excluding hydrogens is 319 g/mol. The lowest BCUT2D eigenvalue weighted by molar-refractivity contribution is 0.0748. The Morgan fingerprint density at radius 1 is 1.43 bits per heavy atom. The molecule has 1 aliphatic rings. The van der Waals surface area contributed by atoms with Crippen molar-refractivity contribution < 1.29 is 9.18 Å². The normalized spacial score (nSPS) is 14.7. The highest BCUT2D eigenvalue weighted by Crippen LogP contribution is 2.20. The van der Waals surface area contributed by atoms with Crippen molar-refractivity contribution in [3.8, 4) is 5.69 Å². The van der Waals surface area contributed by atoms with Crippen molar-refractivity contribution in [3.63, 3.8) is 0 Å². The van der Waals surface area contributed by atoms with Crippen LogP contribution in [0.5, 0.6) is 0 Å². The van der Waals surface area contributed by atoms with E-state index in [-0.39, 0.29) is 24.0 Å². The van der Waals surface area contributed by atoms with Crippen molar-refractivity contribution >= 4 is 17.5 Å². The van der Waals surface area contributed by atoms with Crippen LogP contribution in [-0.4, -0.2) is 38.9 Å². The van der Waals surface area contributed by atoms with Gasteiger partial charge in [0.15, 0.2) is 5.69 Å². The fourth-order valence-electron chi connectivity index (χ4n) is 2.63. The van der Waals surface area contributed by atoms with Gasteiger partial charge in [-0.1, -0.05) is 29.8 Å². The number of hydrogen-bond acceptors (Lipinski definition) is 3. The van der Waals surface area contributed by atoms with Gasteiger partial charge in [-0.3, -0.25) is 4.79 Å². The van der Waals surface area contributed by atoms with E-state index >= 15 is 0 Å². The van der Waals surface area contributed by atoms with E-state index in [0.717, 1.165) is 5.69 Å². The van der Waals surface area contributed by atoms with Crippen LogP contribution in [0.1, 0.15) is 29.5 Å². The summed E-state index contributed by atoms with van der Waals surface area (Å²) in [6.45, 7) is 2.40. The zero-order valence-corrected chi connectivity index (χ0v) is 13.4. The van der Waals surface area contributed by atoms with Crippen molar-refractivity contribution in [2.24, 2.45) is 0 Å². The van der Waals surface area contributed by atoms with E-state index in [1.165, 1.54) is 11.0 Å². The van der Waals surface area contributed by atoms with Gasteiger partial charge in [-0.15, -0.1) is 5.10 Å². The first-order chi connectivity index (χ1) is 11.1. The van der Waals surface area contributed by atoms with E-state index in [1.807, 2.05) is 19.1 Å². The Balaban J connectivity index is 1.95. The van der Waals surface area contributed by atoms with E-state index in [0.29, 0.717) is 30.1 Å². The van der Waals surface area contributed by atoms with Gasteiger partial charge in [-0.05, 0) is 37.1 Å². The molecular formula is C16H16ClFN4O. The number of benzene rings is 1. The van der Waals surface area contributed by atoms with Gasteiger partial charge in [0.25, 0.3) is 5.91 Å². The molecule has 1 aromatic carbocycles. The topological polar surface area (TPSA) is 51.0 Å². The van der Waals surface area contributed by atoms with Gasteiger partial charge in [-0.2, -0.15) is 0 Å². The number of rotatable bonds is 3. The maximum atomic E-state index is 13.4. The molecule has 120 valence electrons. The van der Waals surface area contributed by atoms with Crippen molar-refractivity contribution in [1.29, 1.82) is 0 Å². The van der Waals surface area contributed by atoms with Gasteiger partial charge in [-0.25, -0.2) is 9.07 Å². The Hall–Kier alpha value is -2.21. The third-order valence-electron chi connectivity index (χ3n) is 3.75. The van der Waals surface area contributed by atoms with Gasteiger partial charge in [0.1, 0.15) is 5.83 Å². The molecule has 7 heteroatoms. The summed E-state index contributed by atoms with van der Waals surface area (Å²) >= 11 is 6.01. The van der Waals surface area contributed by atoms with Crippen LogP contribution in [0.2, 0.25) is 5.02 Å². The zero-order valence-electron chi connectivity index (χ0n) is 12.7. The smallest absolute Gasteiger partial charge is 0.276 e. The minimum absolute atomic E-state index is 0.00792. The van der Waals surface area contributed by atoms with Gasteiger partial charge in [0.2, 0.25) is 0 Å². The van der Waals surface area contributed by atoms with E-state index in [4.69, 9.17) is 11.6 Å². The Morgan fingerprint density at radius 3 is 2.96 bits per heavy atom. The van der Waals surface area contributed by atoms with Crippen LogP contribution >= 0.6 is 11.6 Å². The van der Waals surface area contributed by atoms with Crippen molar-refractivity contribution in [1.82, 2.24) is 19.9 Å². The largest absolute Gasteiger partial charge is 0.330 e. The molecule has 0 bridgehead atoms.